The van der Waals surface area contributed by atoms with Gasteiger partial charge in [0.1, 0.15) is 0 Å². The van der Waals surface area contributed by atoms with E-state index < -0.39 is 5.91 Å². The maximum absolute atomic E-state index is 11.1. The van der Waals surface area contributed by atoms with Gasteiger partial charge in [0.15, 0.2) is 0 Å². The second-order valence-electron chi connectivity index (χ2n) is 4.10. The van der Waals surface area contributed by atoms with Gasteiger partial charge in [-0.1, -0.05) is 36.4 Å². The molecule has 4 nitrogen and oxygen atoms in total. The molecule has 2 aromatic rings. The molecule has 0 fully saturated rings. The summed E-state index contributed by atoms with van der Waals surface area (Å²) in [5, 5.41) is 2.39. The third-order valence-electron chi connectivity index (χ3n) is 2.81. The number of ether oxygens (including phenoxy) is 1. The molecule has 0 spiro atoms. The zero-order valence-electron chi connectivity index (χ0n) is 10.5. The number of carbonyl (C=O) groups excluding carboxylic acids is 1. The van der Waals surface area contributed by atoms with Crippen molar-refractivity contribution in [2.45, 2.75) is 6.61 Å². The average molecular weight is 255 g/mol. The number of rotatable bonds is 4. The third-order valence-corrected chi connectivity index (χ3v) is 2.81. The molecule has 0 aliphatic rings. The molecule has 0 unspecified atom stereocenters. The second-order valence-corrected chi connectivity index (χ2v) is 4.10. The first-order valence-electron chi connectivity index (χ1n) is 5.80. The highest BCUT2D eigenvalue weighted by molar-refractivity contribution is 5.95. The van der Waals surface area contributed by atoms with Gasteiger partial charge in [0.05, 0.1) is 6.61 Å². The van der Waals surface area contributed by atoms with Crippen molar-refractivity contribution in [3.8, 4) is 11.1 Å². The molecule has 0 saturated heterocycles. The molecular formula is C15H13NO3. The zero-order valence-corrected chi connectivity index (χ0v) is 10.5. The maximum Gasteiger partial charge on any atom is 0.316 e. The van der Waals surface area contributed by atoms with Crippen LogP contribution in [0.25, 0.3) is 11.1 Å². The van der Waals surface area contributed by atoms with E-state index in [2.05, 4.69) is 5.18 Å². The van der Waals surface area contributed by atoms with Crippen molar-refractivity contribution in [1.82, 2.24) is 0 Å². The van der Waals surface area contributed by atoms with Crippen LogP contribution in [0.15, 0.2) is 53.7 Å². The number of amides is 1. The Bertz CT molecular complexity index is 573. The van der Waals surface area contributed by atoms with Crippen molar-refractivity contribution in [2.24, 2.45) is 5.18 Å². The topological polar surface area (TPSA) is 55.7 Å². The third kappa shape index (κ3) is 3.11. The minimum absolute atomic E-state index is 0.301. The Morgan fingerprint density at radius 3 is 2.00 bits per heavy atom. The standard InChI is InChI=1S/C15H13NO3/c1-19-10-11-2-4-12(5-3-11)13-6-8-14(9-7-13)15(17)16-18/h2-9H,10H2,1H3. The number of nitrogens with zero attached hydrogens (tertiary/aromatic N) is 1. The quantitative estimate of drug-likeness (QED) is 0.787. The fraction of sp³-hybridized carbons (Fsp3) is 0.133. The molecule has 0 radical (unpaired) electrons. The number of benzene rings is 2. The van der Waals surface area contributed by atoms with E-state index in [9.17, 15) is 9.70 Å². The van der Waals surface area contributed by atoms with Crippen LogP contribution in [0, 0.1) is 4.91 Å². The average Bonchev–Trinajstić information content (AvgIpc) is 2.48. The van der Waals surface area contributed by atoms with Crippen LogP contribution in [0.3, 0.4) is 0 Å². The highest BCUT2D eigenvalue weighted by atomic mass is 16.5. The molecule has 0 N–H and O–H groups in total. The van der Waals surface area contributed by atoms with Gasteiger partial charge in [-0.25, -0.2) is 0 Å². The molecule has 0 bridgehead atoms. The number of nitroso groups, excluding NO2 is 1. The molecule has 2 rings (SSSR count). The number of carbonyl (C=O) groups is 1. The first-order valence-corrected chi connectivity index (χ1v) is 5.80. The lowest BCUT2D eigenvalue weighted by Gasteiger charge is -2.04. The largest absolute Gasteiger partial charge is 0.380 e. The van der Waals surface area contributed by atoms with Crippen LogP contribution < -0.4 is 0 Å². The molecule has 0 aliphatic heterocycles. The SMILES string of the molecule is COCc1ccc(-c2ccc(C(=O)N=O)cc2)cc1. The van der Waals surface area contributed by atoms with Crippen molar-refractivity contribution in [1.29, 1.82) is 0 Å². The molecule has 0 aliphatic carbocycles. The predicted molar refractivity (Wildman–Crippen MR) is 72.7 cm³/mol. The Balaban J connectivity index is 2.22. The summed E-state index contributed by atoms with van der Waals surface area (Å²) < 4.78 is 5.05. The van der Waals surface area contributed by atoms with Gasteiger partial charge in [0.2, 0.25) is 0 Å². The summed E-state index contributed by atoms with van der Waals surface area (Å²) in [6.45, 7) is 0.582. The van der Waals surface area contributed by atoms with Crippen LogP contribution in [0.1, 0.15) is 15.9 Å². The van der Waals surface area contributed by atoms with E-state index in [4.69, 9.17) is 4.74 Å². The smallest absolute Gasteiger partial charge is 0.316 e. The summed E-state index contributed by atoms with van der Waals surface area (Å²) in [6.07, 6.45) is 0. The van der Waals surface area contributed by atoms with E-state index >= 15 is 0 Å². The molecule has 4 heteroatoms. The van der Waals surface area contributed by atoms with Crippen LogP contribution in [0.5, 0.6) is 0 Å². The lowest BCUT2D eigenvalue weighted by atomic mass is 10.0. The van der Waals surface area contributed by atoms with Crippen LogP contribution in [0.4, 0.5) is 0 Å². The minimum atomic E-state index is -0.748. The molecule has 0 saturated carbocycles. The fourth-order valence-electron chi connectivity index (χ4n) is 1.82. The highest BCUT2D eigenvalue weighted by Gasteiger charge is 2.05. The molecule has 2 aromatic carbocycles. The van der Waals surface area contributed by atoms with E-state index in [1.807, 2.05) is 24.3 Å². The minimum Gasteiger partial charge on any atom is -0.380 e. The summed E-state index contributed by atoms with van der Waals surface area (Å²) in [5.74, 6) is -0.748. The summed E-state index contributed by atoms with van der Waals surface area (Å²) in [6, 6.07) is 14.7. The molecule has 19 heavy (non-hydrogen) atoms. The first kappa shape index (κ1) is 13.1. The lowest BCUT2D eigenvalue weighted by molar-refractivity contribution is 0.100. The zero-order chi connectivity index (χ0) is 13.7. The predicted octanol–water partition coefficient (Wildman–Crippen LogP) is 3.41. The van der Waals surface area contributed by atoms with Crippen LogP contribution in [0.2, 0.25) is 0 Å². The molecule has 1 amide bonds. The Morgan fingerprint density at radius 2 is 1.53 bits per heavy atom. The Hall–Kier alpha value is -2.33. The first-order chi connectivity index (χ1) is 9.24. The van der Waals surface area contributed by atoms with Gasteiger partial charge in [-0.3, -0.25) is 4.79 Å². The lowest BCUT2D eigenvalue weighted by Crippen LogP contribution is -1.92. The van der Waals surface area contributed by atoms with E-state index in [1.165, 1.54) is 0 Å². The summed E-state index contributed by atoms with van der Waals surface area (Å²) >= 11 is 0. The highest BCUT2D eigenvalue weighted by Crippen LogP contribution is 2.20. The van der Waals surface area contributed by atoms with Crippen LogP contribution in [-0.4, -0.2) is 13.0 Å². The van der Waals surface area contributed by atoms with E-state index in [0.29, 0.717) is 12.2 Å². The van der Waals surface area contributed by atoms with Crippen molar-refractivity contribution in [3.05, 3.63) is 64.6 Å². The summed E-state index contributed by atoms with van der Waals surface area (Å²) in [4.78, 5) is 21.2. The number of hydrogen-bond donors (Lipinski definition) is 0. The van der Waals surface area contributed by atoms with Gasteiger partial charge >= 0.3 is 5.91 Å². The second kappa shape index (κ2) is 6.02. The van der Waals surface area contributed by atoms with Crippen molar-refractivity contribution in [3.63, 3.8) is 0 Å². The molecule has 0 atom stereocenters. The molecule has 0 aromatic heterocycles. The van der Waals surface area contributed by atoms with Gasteiger partial charge in [0.25, 0.3) is 0 Å². The van der Waals surface area contributed by atoms with E-state index in [1.54, 1.807) is 31.4 Å². The van der Waals surface area contributed by atoms with Crippen molar-refractivity contribution < 1.29 is 9.53 Å². The van der Waals surface area contributed by atoms with Crippen LogP contribution in [-0.2, 0) is 11.3 Å². The van der Waals surface area contributed by atoms with Crippen LogP contribution >= 0.6 is 0 Å². The normalized spacial score (nSPS) is 10.2. The maximum atomic E-state index is 11.1. The Kier molecular flexibility index (Phi) is 4.15. The molecular weight excluding hydrogens is 242 g/mol. The molecule has 96 valence electrons. The van der Waals surface area contributed by atoms with Gasteiger partial charge in [-0.2, -0.15) is 0 Å². The van der Waals surface area contributed by atoms with Crippen molar-refractivity contribution >= 4 is 5.91 Å². The number of methoxy groups -OCH3 is 1. The van der Waals surface area contributed by atoms with Gasteiger partial charge in [-0.05, 0) is 28.8 Å². The number of hydrogen-bond acceptors (Lipinski definition) is 3. The van der Waals surface area contributed by atoms with Gasteiger partial charge in [-0.15, -0.1) is 4.91 Å². The summed E-state index contributed by atoms with van der Waals surface area (Å²) in [5.41, 5.74) is 3.42. The Labute approximate surface area is 111 Å². The van der Waals surface area contributed by atoms with E-state index in [-0.39, 0.29) is 0 Å². The molecule has 0 heterocycles. The van der Waals surface area contributed by atoms with E-state index in [0.717, 1.165) is 16.7 Å². The fourth-order valence-corrected chi connectivity index (χ4v) is 1.82. The van der Waals surface area contributed by atoms with Gasteiger partial charge < -0.3 is 4.74 Å². The van der Waals surface area contributed by atoms with Gasteiger partial charge in [0, 0.05) is 17.9 Å². The monoisotopic (exact) mass is 255 g/mol. The Morgan fingerprint density at radius 1 is 1.00 bits per heavy atom. The summed E-state index contributed by atoms with van der Waals surface area (Å²) in [7, 11) is 1.66. The van der Waals surface area contributed by atoms with Crippen molar-refractivity contribution in [2.75, 3.05) is 7.11 Å².